The number of guanidine groups is 1. The van der Waals surface area contributed by atoms with Crippen molar-refractivity contribution >= 4 is 5.96 Å². The molecular formula is C19H38N4O. The molecule has 1 aliphatic heterocycles. The minimum Gasteiger partial charge on any atom is -0.379 e. The Morgan fingerprint density at radius 2 is 1.88 bits per heavy atom. The summed E-state index contributed by atoms with van der Waals surface area (Å²) in [5, 5.41) is 7.09. The molecule has 2 aliphatic rings. The van der Waals surface area contributed by atoms with Gasteiger partial charge in [0.05, 0.1) is 13.2 Å². The van der Waals surface area contributed by atoms with Crippen molar-refractivity contribution in [3.05, 3.63) is 0 Å². The molecule has 5 heteroatoms. The molecule has 0 amide bonds. The molecule has 0 radical (unpaired) electrons. The Kier molecular flexibility index (Phi) is 8.89. The van der Waals surface area contributed by atoms with Crippen molar-refractivity contribution < 1.29 is 4.74 Å². The van der Waals surface area contributed by atoms with Crippen LogP contribution in [-0.2, 0) is 4.74 Å². The Hall–Kier alpha value is -0.810. The molecule has 2 rings (SSSR count). The van der Waals surface area contributed by atoms with E-state index in [0.717, 1.165) is 57.8 Å². The summed E-state index contributed by atoms with van der Waals surface area (Å²) in [5.41, 5.74) is 0. The minimum absolute atomic E-state index is 0.578. The first kappa shape index (κ1) is 19.5. The third-order valence-electron chi connectivity index (χ3n) is 5.34. The smallest absolute Gasteiger partial charge is 0.191 e. The number of hydrogen-bond acceptors (Lipinski definition) is 3. The first-order chi connectivity index (χ1) is 11.7. The van der Waals surface area contributed by atoms with Crippen molar-refractivity contribution in [2.45, 2.75) is 58.9 Å². The fourth-order valence-electron chi connectivity index (χ4n) is 3.76. The molecule has 0 bridgehead atoms. The van der Waals surface area contributed by atoms with Gasteiger partial charge in [-0.05, 0) is 44.4 Å². The number of ether oxygens (including phenoxy) is 1. The summed E-state index contributed by atoms with van der Waals surface area (Å²) < 4.78 is 5.42. The van der Waals surface area contributed by atoms with Gasteiger partial charge < -0.3 is 15.4 Å². The summed E-state index contributed by atoms with van der Waals surface area (Å²) in [5.74, 6) is 2.52. The van der Waals surface area contributed by atoms with Crippen LogP contribution in [0, 0.1) is 11.8 Å². The monoisotopic (exact) mass is 338 g/mol. The van der Waals surface area contributed by atoms with Gasteiger partial charge in [-0.1, -0.05) is 20.3 Å². The number of morpholine rings is 1. The standard InChI is InChI=1S/C19H38N4O/c1-4-17-6-8-18(9-7-17)22-19(20-5-2)21-14-16(3)15-23-10-12-24-13-11-23/h16-18H,4-15H2,1-3H3,(H2,20,21,22). The lowest BCUT2D eigenvalue weighted by atomic mass is 9.84. The van der Waals surface area contributed by atoms with Crippen LogP contribution in [0.3, 0.4) is 0 Å². The van der Waals surface area contributed by atoms with Crippen LogP contribution in [0.5, 0.6) is 0 Å². The molecule has 140 valence electrons. The molecule has 5 nitrogen and oxygen atoms in total. The van der Waals surface area contributed by atoms with Crippen molar-refractivity contribution in [1.29, 1.82) is 0 Å². The van der Waals surface area contributed by atoms with Crippen LogP contribution in [0.2, 0.25) is 0 Å². The third kappa shape index (κ3) is 6.98. The van der Waals surface area contributed by atoms with Gasteiger partial charge in [-0.25, -0.2) is 0 Å². The van der Waals surface area contributed by atoms with E-state index in [-0.39, 0.29) is 0 Å². The van der Waals surface area contributed by atoms with Crippen LogP contribution >= 0.6 is 0 Å². The highest BCUT2D eigenvalue weighted by Gasteiger charge is 2.20. The average molecular weight is 339 g/mol. The van der Waals surface area contributed by atoms with Gasteiger partial charge in [0.15, 0.2) is 5.96 Å². The zero-order valence-electron chi connectivity index (χ0n) is 16.0. The number of hydrogen-bond donors (Lipinski definition) is 2. The summed E-state index contributed by atoms with van der Waals surface area (Å²) in [6.07, 6.45) is 6.63. The molecule has 2 fully saturated rings. The zero-order valence-corrected chi connectivity index (χ0v) is 16.0. The summed E-state index contributed by atoms with van der Waals surface area (Å²) in [6, 6.07) is 0.597. The molecule has 0 aromatic heterocycles. The minimum atomic E-state index is 0.578. The lowest BCUT2D eigenvalue weighted by Crippen LogP contribution is -2.45. The average Bonchev–Trinajstić information content (AvgIpc) is 2.61. The number of nitrogens with zero attached hydrogens (tertiary/aromatic N) is 2. The fourth-order valence-corrected chi connectivity index (χ4v) is 3.76. The van der Waals surface area contributed by atoms with E-state index in [1.165, 1.54) is 32.1 Å². The van der Waals surface area contributed by atoms with Crippen molar-refractivity contribution in [3.8, 4) is 0 Å². The van der Waals surface area contributed by atoms with Gasteiger partial charge in [0.2, 0.25) is 0 Å². The molecule has 1 atom stereocenters. The lowest BCUT2D eigenvalue weighted by Gasteiger charge is -2.30. The zero-order chi connectivity index (χ0) is 17.2. The van der Waals surface area contributed by atoms with E-state index in [2.05, 4.69) is 36.3 Å². The van der Waals surface area contributed by atoms with Crippen LogP contribution < -0.4 is 10.6 Å². The maximum atomic E-state index is 5.42. The van der Waals surface area contributed by atoms with Gasteiger partial charge in [-0.3, -0.25) is 9.89 Å². The molecule has 0 spiro atoms. The van der Waals surface area contributed by atoms with E-state index >= 15 is 0 Å². The Labute approximate surface area is 148 Å². The summed E-state index contributed by atoms with van der Waals surface area (Å²) >= 11 is 0. The van der Waals surface area contributed by atoms with Crippen molar-refractivity contribution in [2.75, 3.05) is 45.9 Å². The van der Waals surface area contributed by atoms with Crippen LogP contribution in [-0.4, -0.2) is 62.8 Å². The summed E-state index contributed by atoms with van der Waals surface area (Å²) in [7, 11) is 0. The number of nitrogens with one attached hydrogen (secondary N) is 2. The van der Waals surface area contributed by atoms with Gasteiger partial charge in [0.25, 0.3) is 0 Å². The molecule has 1 heterocycles. The van der Waals surface area contributed by atoms with Gasteiger partial charge in [-0.15, -0.1) is 0 Å². The van der Waals surface area contributed by atoms with Gasteiger partial charge in [0.1, 0.15) is 0 Å². The maximum Gasteiger partial charge on any atom is 0.191 e. The predicted molar refractivity (Wildman–Crippen MR) is 102 cm³/mol. The Morgan fingerprint density at radius 1 is 1.17 bits per heavy atom. The Balaban J connectivity index is 1.74. The van der Waals surface area contributed by atoms with E-state index in [9.17, 15) is 0 Å². The highest BCUT2D eigenvalue weighted by Crippen LogP contribution is 2.26. The highest BCUT2D eigenvalue weighted by atomic mass is 16.5. The highest BCUT2D eigenvalue weighted by molar-refractivity contribution is 5.80. The number of rotatable bonds is 7. The molecule has 0 aromatic rings. The third-order valence-corrected chi connectivity index (χ3v) is 5.34. The molecule has 1 aliphatic carbocycles. The van der Waals surface area contributed by atoms with E-state index in [1.54, 1.807) is 0 Å². The molecule has 0 aromatic carbocycles. The lowest BCUT2D eigenvalue weighted by molar-refractivity contribution is 0.0323. The van der Waals surface area contributed by atoms with E-state index in [4.69, 9.17) is 9.73 Å². The molecule has 1 saturated carbocycles. The number of aliphatic imine (C=N–C) groups is 1. The van der Waals surface area contributed by atoms with Gasteiger partial charge >= 0.3 is 0 Å². The van der Waals surface area contributed by atoms with E-state index in [1.807, 2.05) is 0 Å². The van der Waals surface area contributed by atoms with Gasteiger partial charge in [0, 0.05) is 38.8 Å². The summed E-state index contributed by atoms with van der Waals surface area (Å²) in [4.78, 5) is 7.34. The van der Waals surface area contributed by atoms with Crippen molar-refractivity contribution in [2.24, 2.45) is 16.8 Å². The second-order valence-electron chi connectivity index (χ2n) is 7.51. The van der Waals surface area contributed by atoms with Crippen LogP contribution in [0.1, 0.15) is 52.9 Å². The topological polar surface area (TPSA) is 48.9 Å². The van der Waals surface area contributed by atoms with E-state index < -0.39 is 0 Å². The molecule has 24 heavy (non-hydrogen) atoms. The summed E-state index contributed by atoms with van der Waals surface area (Å²) in [6.45, 7) is 13.6. The molecule has 2 N–H and O–H groups in total. The molecule has 1 saturated heterocycles. The van der Waals surface area contributed by atoms with Crippen molar-refractivity contribution in [3.63, 3.8) is 0 Å². The fraction of sp³-hybridized carbons (Fsp3) is 0.947. The quantitative estimate of drug-likeness (QED) is 0.553. The predicted octanol–water partition coefficient (Wildman–Crippen LogP) is 2.48. The second-order valence-corrected chi connectivity index (χ2v) is 7.51. The van der Waals surface area contributed by atoms with Crippen LogP contribution in [0.25, 0.3) is 0 Å². The Morgan fingerprint density at radius 3 is 2.50 bits per heavy atom. The van der Waals surface area contributed by atoms with Crippen molar-refractivity contribution in [1.82, 2.24) is 15.5 Å². The second kappa shape index (κ2) is 10.9. The van der Waals surface area contributed by atoms with Gasteiger partial charge in [-0.2, -0.15) is 0 Å². The SMILES string of the molecule is CCNC(=NCC(C)CN1CCOCC1)NC1CCC(CC)CC1. The Bertz CT molecular complexity index is 360. The van der Waals surface area contributed by atoms with Crippen LogP contribution in [0.4, 0.5) is 0 Å². The van der Waals surface area contributed by atoms with Crippen LogP contribution in [0.15, 0.2) is 4.99 Å². The first-order valence-corrected chi connectivity index (χ1v) is 10.1. The maximum absolute atomic E-state index is 5.42. The first-order valence-electron chi connectivity index (χ1n) is 10.1. The molecular weight excluding hydrogens is 300 g/mol. The molecule has 1 unspecified atom stereocenters. The van der Waals surface area contributed by atoms with E-state index in [0.29, 0.717) is 12.0 Å². The largest absolute Gasteiger partial charge is 0.379 e. The normalized spacial score (nSPS) is 27.7.